The van der Waals surface area contributed by atoms with Crippen molar-refractivity contribution >= 4 is 0 Å². The lowest BCUT2D eigenvalue weighted by Gasteiger charge is -2.45. The summed E-state index contributed by atoms with van der Waals surface area (Å²) in [6, 6.07) is 0. The number of aliphatic hydroxyl groups excluding tert-OH is 5. The van der Waals surface area contributed by atoms with Crippen LogP contribution in [-0.4, -0.2) is 96.7 Å². The van der Waals surface area contributed by atoms with Gasteiger partial charge in [-0.3, -0.25) is 0 Å². The van der Waals surface area contributed by atoms with Crippen molar-refractivity contribution in [3.05, 3.63) is 12.3 Å². The number of rotatable bonds is 3. The Morgan fingerprint density at radius 2 is 1.76 bits per heavy atom. The third-order valence-electron chi connectivity index (χ3n) is 5.25. The van der Waals surface area contributed by atoms with Gasteiger partial charge in [0.15, 0.2) is 6.29 Å². The van der Waals surface area contributed by atoms with E-state index in [1.165, 1.54) is 13.0 Å². The largest absolute Gasteiger partial charge is 0.472 e. The molecule has 3 aliphatic rings. The lowest BCUT2D eigenvalue weighted by molar-refractivity contribution is -0.351. The Labute approximate surface area is 143 Å². The van der Waals surface area contributed by atoms with Gasteiger partial charge in [0.05, 0.1) is 30.5 Å². The molecule has 0 spiro atoms. The van der Waals surface area contributed by atoms with Crippen LogP contribution in [0.4, 0.5) is 0 Å². The summed E-state index contributed by atoms with van der Waals surface area (Å²) in [7, 11) is 0. The zero-order valence-electron chi connectivity index (χ0n) is 13.5. The van der Waals surface area contributed by atoms with Crippen LogP contribution in [-0.2, 0) is 14.2 Å². The van der Waals surface area contributed by atoms with E-state index in [0.717, 1.165) is 6.26 Å². The summed E-state index contributed by atoms with van der Waals surface area (Å²) in [5.74, 6) is -1.10. The number of hydrogen-bond donors (Lipinski definition) is 7. The normalized spacial score (nSPS) is 55.7. The van der Waals surface area contributed by atoms with Crippen LogP contribution in [0.1, 0.15) is 13.3 Å². The molecule has 0 aromatic carbocycles. The monoisotopic (exact) mass is 364 g/mol. The topological polar surface area (TPSA) is 169 Å². The predicted octanol–water partition coefficient (Wildman–Crippen LogP) is -3.46. The molecule has 0 unspecified atom stereocenters. The molecule has 1 aliphatic carbocycles. The lowest BCUT2D eigenvalue weighted by atomic mass is 9.81. The lowest BCUT2D eigenvalue weighted by Crippen LogP contribution is -2.61. The summed E-state index contributed by atoms with van der Waals surface area (Å²) >= 11 is 0. The van der Waals surface area contributed by atoms with Crippen molar-refractivity contribution in [1.29, 1.82) is 0 Å². The first-order valence-corrected chi connectivity index (χ1v) is 8.04. The minimum absolute atomic E-state index is 0.129. The molecule has 3 rings (SSSR count). The van der Waals surface area contributed by atoms with Gasteiger partial charge in [-0.15, -0.1) is 0 Å². The molecule has 0 aromatic rings. The second-order valence-corrected chi connectivity index (χ2v) is 7.08. The van der Waals surface area contributed by atoms with Crippen molar-refractivity contribution in [1.82, 2.24) is 0 Å². The van der Waals surface area contributed by atoms with Gasteiger partial charge in [0, 0.05) is 6.42 Å². The van der Waals surface area contributed by atoms with E-state index in [9.17, 15) is 35.7 Å². The number of fused-ring (bicyclic) bond motifs is 1. The second-order valence-electron chi connectivity index (χ2n) is 7.08. The number of hydrogen-bond acceptors (Lipinski definition) is 10. The van der Waals surface area contributed by atoms with Gasteiger partial charge in [-0.1, -0.05) is 0 Å². The highest BCUT2D eigenvalue weighted by molar-refractivity contribution is 5.21. The minimum atomic E-state index is -1.81. The molecule has 2 fully saturated rings. The molecule has 2 heterocycles. The third kappa shape index (κ3) is 2.97. The molecule has 10 atom stereocenters. The summed E-state index contributed by atoms with van der Waals surface area (Å²) in [4.78, 5) is 0. The highest BCUT2D eigenvalue weighted by Crippen LogP contribution is 2.49. The maximum Gasteiger partial charge on any atom is 0.210 e. The average Bonchev–Trinajstić information content (AvgIpc) is 2.73. The highest BCUT2D eigenvalue weighted by atomic mass is 16.8. The fourth-order valence-electron chi connectivity index (χ4n) is 3.84. The maximum atomic E-state index is 10.7. The van der Waals surface area contributed by atoms with Gasteiger partial charge in [-0.25, -0.2) is 0 Å². The van der Waals surface area contributed by atoms with E-state index in [1.54, 1.807) is 0 Å². The maximum absolute atomic E-state index is 10.7. The summed E-state index contributed by atoms with van der Waals surface area (Å²) in [5.41, 5.74) is -3.35. The van der Waals surface area contributed by atoms with Crippen LogP contribution < -0.4 is 0 Å². The summed E-state index contributed by atoms with van der Waals surface area (Å²) in [5, 5.41) is 70.2. The molecular weight excluding hydrogens is 340 g/mol. The Kier molecular flexibility index (Phi) is 4.86. The Balaban J connectivity index is 1.81. The number of ether oxygens (including phenoxy) is 3. The molecule has 0 radical (unpaired) electrons. The van der Waals surface area contributed by atoms with Gasteiger partial charge in [-0.05, 0) is 13.0 Å². The van der Waals surface area contributed by atoms with Crippen LogP contribution in [0.3, 0.4) is 0 Å². The standard InChI is InChI=1S/C15H24O10/c1-14(21)4-7(17)15(22)2-3-23-13(11(14)15)25-12-10(20)9(19)8(18)6(5-16)24-12/h2-3,6-13,16-22H,4-5H2,1H3/t6-,7-,8-,9+,10+,11-,12-,13+,14+,15-/m1/s1. The molecule has 0 amide bonds. The van der Waals surface area contributed by atoms with Gasteiger partial charge >= 0.3 is 0 Å². The van der Waals surface area contributed by atoms with Crippen LogP contribution in [0.5, 0.6) is 0 Å². The Hall–Kier alpha value is -0.820. The molecule has 7 N–H and O–H groups in total. The van der Waals surface area contributed by atoms with E-state index in [-0.39, 0.29) is 6.42 Å². The molecule has 2 aliphatic heterocycles. The predicted molar refractivity (Wildman–Crippen MR) is 78.6 cm³/mol. The van der Waals surface area contributed by atoms with Gasteiger partial charge in [0.2, 0.25) is 6.29 Å². The minimum Gasteiger partial charge on any atom is -0.472 e. The third-order valence-corrected chi connectivity index (χ3v) is 5.25. The smallest absolute Gasteiger partial charge is 0.210 e. The fourth-order valence-corrected chi connectivity index (χ4v) is 3.84. The van der Waals surface area contributed by atoms with Crippen molar-refractivity contribution in [2.24, 2.45) is 5.92 Å². The van der Waals surface area contributed by atoms with Gasteiger partial charge in [0.1, 0.15) is 30.0 Å². The highest BCUT2D eigenvalue weighted by Gasteiger charge is 2.64. The Bertz CT molecular complexity index is 522. The SMILES string of the molecule is C[C@]1(O)C[C@@H](O)[C@]2(O)C=CO[C@@H](O[C@H]3O[C@H](CO)[C@@H](O)[C@H](O)[C@@H]3O)[C@@H]21. The van der Waals surface area contributed by atoms with Crippen LogP contribution in [0.15, 0.2) is 12.3 Å². The van der Waals surface area contributed by atoms with E-state index in [1.807, 2.05) is 0 Å². The van der Waals surface area contributed by atoms with Crippen LogP contribution in [0, 0.1) is 5.92 Å². The first-order chi connectivity index (χ1) is 11.6. The molecule has 0 bridgehead atoms. The zero-order valence-corrected chi connectivity index (χ0v) is 13.5. The van der Waals surface area contributed by atoms with Crippen molar-refractivity contribution in [2.75, 3.05) is 6.61 Å². The van der Waals surface area contributed by atoms with Crippen LogP contribution in [0.2, 0.25) is 0 Å². The average molecular weight is 364 g/mol. The molecule has 1 saturated carbocycles. The molecule has 25 heavy (non-hydrogen) atoms. The first kappa shape index (κ1) is 19.0. The molecule has 10 nitrogen and oxygen atoms in total. The zero-order chi connectivity index (χ0) is 18.6. The second kappa shape index (κ2) is 6.41. The molecular formula is C15H24O10. The van der Waals surface area contributed by atoms with Crippen molar-refractivity contribution in [3.63, 3.8) is 0 Å². The van der Waals surface area contributed by atoms with Crippen molar-refractivity contribution in [3.8, 4) is 0 Å². The van der Waals surface area contributed by atoms with E-state index in [4.69, 9.17) is 14.2 Å². The van der Waals surface area contributed by atoms with E-state index < -0.39 is 66.8 Å². The van der Waals surface area contributed by atoms with E-state index >= 15 is 0 Å². The molecule has 144 valence electrons. The van der Waals surface area contributed by atoms with Gasteiger partial charge < -0.3 is 50.0 Å². The van der Waals surface area contributed by atoms with Gasteiger partial charge in [-0.2, -0.15) is 0 Å². The quantitative estimate of drug-likeness (QED) is 0.267. The fraction of sp³-hybridized carbons (Fsp3) is 0.867. The van der Waals surface area contributed by atoms with E-state index in [0.29, 0.717) is 0 Å². The first-order valence-electron chi connectivity index (χ1n) is 8.04. The summed E-state index contributed by atoms with van der Waals surface area (Å²) in [6.45, 7) is 0.783. The van der Waals surface area contributed by atoms with E-state index in [2.05, 4.69) is 0 Å². The Morgan fingerprint density at radius 1 is 1.08 bits per heavy atom. The van der Waals surface area contributed by atoms with Crippen molar-refractivity contribution in [2.45, 2.75) is 67.6 Å². The van der Waals surface area contributed by atoms with Crippen LogP contribution in [0.25, 0.3) is 0 Å². The molecule has 0 aromatic heterocycles. The van der Waals surface area contributed by atoms with Crippen LogP contribution >= 0.6 is 0 Å². The van der Waals surface area contributed by atoms with Crippen molar-refractivity contribution < 1.29 is 50.0 Å². The summed E-state index contributed by atoms with van der Waals surface area (Å²) < 4.78 is 16.0. The Morgan fingerprint density at radius 3 is 2.40 bits per heavy atom. The van der Waals surface area contributed by atoms with Gasteiger partial charge in [0.25, 0.3) is 0 Å². The summed E-state index contributed by atoms with van der Waals surface area (Å²) in [6.07, 6.45) is -7.87. The number of aliphatic hydroxyl groups is 7. The molecule has 10 heteroatoms. The molecule has 1 saturated heterocycles.